The second-order valence-corrected chi connectivity index (χ2v) is 6.28. The van der Waals surface area contributed by atoms with Crippen molar-refractivity contribution in [2.45, 2.75) is 18.4 Å². The number of benzene rings is 2. The normalized spacial score (nSPS) is 11.0. The lowest BCUT2D eigenvalue weighted by Crippen LogP contribution is -2.00. The number of fused-ring (bicyclic) bond motifs is 1. The van der Waals surface area contributed by atoms with Gasteiger partial charge in [-0.15, -0.1) is 11.8 Å². The van der Waals surface area contributed by atoms with Gasteiger partial charge in [-0.05, 0) is 35.6 Å². The second kappa shape index (κ2) is 6.46. The van der Waals surface area contributed by atoms with Gasteiger partial charge in [-0.25, -0.2) is 0 Å². The van der Waals surface area contributed by atoms with Crippen LogP contribution in [0.15, 0.2) is 57.8 Å². The van der Waals surface area contributed by atoms with E-state index in [-0.39, 0.29) is 0 Å². The van der Waals surface area contributed by atoms with E-state index < -0.39 is 0 Å². The molecule has 3 rings (SSSR count). The molecule has 0 aliphatic carbocycles. The number of nitrogens with one attached hydrogen (secondary N) is 1. The zero-order valence-corrected chi connectivity index (χ0v) is 13.3. The summed E-state index contributed by atoms with van der Waals surface area (Å²) in [7, 11) is 0. The largest absolute Gasteiger partial charge is 0.444 e. The van der Waals surface area contributed by atoms with Crippen molar-refractivity contribution >= 4 is 40.0 Å². The third kappa shape index (κ3) is 3.04. The van der Waals surface area contributed by atoms with E-state index in [0.717, 1.165) is 28.0 Å². The zero-order valence-electron chi connectivity index (χ0n) is 11.7. The van der Waals surface area contributed by atoms with Crippen molar-refractivity contribution in [3.63, 3.8) is 0 Å². The van der Waals surface area contributed by atoms with Crippen LogP contribution in [0.5, 0.6) is 0 Å². The molecule has 0 aliphatic heterocycles. The first kappa shape index (κ1) is 14.4. The molecule has 0 radical (unpaired) electrons. The quantitative estimate of drug-likeness (QED) is 0.601. The molecule has 0 fully saturated rings. The van der Waals surface area contributed by atoms with Crippen LogP contribution in [0, 0.1) is 0 Å². The standard InChI is InChI=1S/C17H16ClNOS/c1-2-21-16-10-6-4-8-14(16)19-11-13-12-7-3-5-9-15(12)20-17(13)18/h3-10,19H,2,11H2,1H3. The van der Waals surface area contributed by atoms with Crippen molar-refractivity contribution in [2.75, 3.05) is 11.1 Å². The number of para-hydroxylation sites is 2. The molecule has 0 unspecified atom stereocenters. The second-order valence-electron chi connectivity index (χ2n) is 4.63. The Bertz CT molecular complexity index is 753. The predicted molar refractivity (Wildman–Crippen MR) is 91.4 cm³/mol. The van der Waals surface area contributed by atoms with Crippen LogP contribution in [0.4, 0.5) is 5.69 Å². The Morgan fingerprint density at radius 3 is 2.71 bits per heavy atom. The third-order valence-corrected chi connectivity index (χ3v) is 4.55. The molecule has 0 spiro atoms. The molecule has 0 bridgehead atoms. The minimum Gasteiger partial charge on any atom is -0.444 e. The van der Waals surface area contributed by atoms with Gasteiger partial charge in [0.2, 0.25) is 0 Å². The van der Waals surface area contributed by atoms with Crippen LogP contribution >= 0.6 is 23.4 Å². The highest BCUT2D eigenvalue weighted by molar-refractivity contribution is 7.99. The highest BCUT2D eigenvalue weighted by Gasteiger charge is 2.12. The van der Waals surface area contributed by atoms with Gasteiger partial charge in [0.25, 0.3) is 0 Å². The van der Waals surface area contributed by atoms with Crippen molar-refractivity contribution in [3.8, 4) is 0 Å². The fourth-order valence-electron chi connectivity index (χ4n) is 2.31. The fourth-order valence-corrected chi connectivity index (χ4v) is 3.34. The lowest BCUT2D eigenvalue weighted by molar-refractivity contribution is 0.613. The summed E-state index contributed by atoms with van der Waals surface area (Å²) in [5.41, 5.74) is 2.96. The Morgan fingerprint density at radius 2 is 1.86 bits per heavy atom. The molecule has 108 valence electrons. The SMILES string of the molecule is CCSc1ccccc1NCc1c(Cl)oc2ccccc12. The van der Waals surface area contributed by atoms with E-state index in [1.165, 1.54) is 4.90 Å². The van der Waals surface area contributed by atoms with Gasteiger partial charge in [0, 0.05) is 28.1 Å². The van der Waals surface area contributed by atoms with E-state index in [2.05, 4.69) is 30.4 Å². The molecule has 21 heavy (non-hydrogen) atoms. The molecule has 1 N–H and O–H groups in total. The summed E-state index contributed by atoms with van der Waals surface area (Å²) >= 11 is 8.05. The maximum absolute atomic E-state index is 6.22. The van der Waals surface area contributed by atoms with Crippen molar-refractivity contribution in [1.82, 2.24) is 0 Å². The highest BCUT2D eigenvalue weighted by Crippen LogP contribution is 2.32. The molecule has 0 amide bonds. The molecule has 2 aromatic carbocycles. The first-order chi connectivity index (χ1) is 10.3. The summed E-state index contributed by atoms with van der Waals surface area (Å²) in [6.45, 7) is 2.80. The number of rotatable bonds is 5. The number of anilines is 1. The van der Waals surface area contributed by atoms with Gasteiger partial charge in [-0.2, -0.15) is 0 Å². The number of furan rings is 1. The molecular formula is C17H16ClNOS. The van der Waals surface area contributed by atoms with E-state index in [1.807, 2.05) is 42.1 Å². The van der Waals surface area contributed by atoms with Crippen LogP contribution in [-0.2, 0) is 6.54 Å². The number of hydrogen-bond acceptors (Lipinski definition) is 3. The van der Waals surface area contributed by atoms with Gasteiger partial charge in [0.1, 0.15) is 5.58 Å². The van der Waals surface area contributed by atoms with Gasteiger partial charge in [0.05, 0.1) is 0 Å². The van der Waals surface area contributed by atoms with Crippen LogP contribution in [-0.4, -0.2) is 5.75 Å². The Kier molecular flexibility index (Phi) is 4.42. The maximum atomic E-state index is 6.22. The summed E-state index contributed by atoms with van der Waals surface area (Å²) in [6, 6.07) is 16.2. The number of hydrogen-bond donors (Lipinski definition) is 1. The van der Waals surface area contributed by atoms with E-state index in [4.69, 9.17) is 16.0 Å². The fraction of sp³-hybridized carbons (Fsp3) is 0.176. The minimum atomic E-state index is 0.462. The molecule has 1 aromatic heterocycles. The number of halogens is 1. The van der Waals surface area contributed by atoms with Crippen molar-refractivity contribution in [2.24, 2.45) is 0 Å². The van der Waals surface area contributed by atoms with Gasteiger partial charge in [0.15, 0.2) is 5.22 Å². The van der Waals surface area contributed by atoms with Crippen LogP contribution in [0.3, 0.4) is 0 Å². The van der Waals surface area contributed by atoms with E-state index in [0.29, 0.717) is 11.8 Å². The summed E-state index contributed by atoms with van der Waals surface area (Å²) in [5.74, 6) is 1.05. The average Bonchev–Trinajstić information content (AvgIpc) is 2.82. The molecule has 0 aliphatic rings. The van der Waals surface area contributed by atoms with Crippen LogP contribution in [0.2, 0.25) is 5.22 Å². The minimum absolute atomic E-state index is 0.462. The Hall–Kier alpha value is -1.58. The van der Waals surface area contributed by atoms with E-state index in [1.54, 1.807) is 0 Å². The molecule has 3 aromatic rings. The van der Waals surface area contributed by atoms with Gasteiger partial charge in [-0.3, -0.25) is 0 Å². The summed E-state index contributed by atoms with van der Waals surface area (Å²) in [5, 5.41) is 5.00. The molecule has 2 nitrogen and oxygen atoms in total. The number of thioether (sulfide) groups is 1. The Labute approximate surface area is 133 Å². The third-order valence-electron chi connectivity index (χ3n) is 3.29. The molecule has 1 heterocycles. The van der Waals surface area contributed by atoms with Gasteiger partial charge < -0.3 is 9.73 Å². The zero-order chi connectivity index (χ0) is 14.7. The Balaban J connectivity index is 1.85. The first-order valence-corrected chi connectivity index (χ1v) is 8.27. The first-order valence-electron chi connectivity index (χ1n) is 6.91. The van der Waals surface area contributed by atoms with Crippen molar-refractivity contribution in [3.05, 3.63) is 59.3 Å². The molecule has 0 atom stereocenters. The topological polar surface area (TPSA) is 25.2 Å². The highest BCUT2D eigenvalue weighted by atomic mass is 35.5. The van der Waals surface area contributed by atoms with Crippen molar-refractivity contribution in [1.29, 1.82) is 0 Å². The molecular weight excluding hydrogens is 302 g/mol. The Morgan fingerprint density at radius 1 is 1.10 bits per heavy atom. The van der Waals surface area contributed by atoms with Crippen molar-refractivity contribution < 1.29 is 4.42 Å². The van der Waals surface area contributed by atoms with Crippen LogP contribution in [0.1, 0.15) is 12.5 Å². The summed E-state index contributed by atoms with van der Waals surface area (Å²) < 4.78 is 5.59. The smallest absolute Gasteiger partial charge is 0.199 e. The lowest BCUT2D eigenvalue weighted by Gasteiger charge is -2.10. The van der Waals surface area contributed by atoms with Gasteiger partial charge >= 0.3 is 0 Å². The summed E-state index contributed by atoms with van der Waals surface area (Å²) in [6.07, 6.45) is 0. The predicted octanol–water partition coefficient (Wildman–Crippen LogP) is 5.81. The van der Waals surface area contributed by atoms with E-state index in [9.17, 15) is 0 Å². The summed E-state index contributed by atoms with van der Waals surface area (Å²) in [4.78, 5) is 1.25. The average molecular weight is 318 g/mol. The maximum Gasteiger partial charge on any atom is 0.199 e. The van der Waals surface area contributed by atoms with Gasteiger partial charge in [-0.1, -0.05) is 37.3 Å². The van der Waals surface area contributed by atoms with Crippen LogP contribution in [0.25, 0.3) is 11.0 Å². The molecule has 4 heteroatoms. The molecule has 0 saturated heterocycles. The van der Waals surface area contributed by atoms with E-state index >= 15 is 0 Å². The lowest BCUT2D eigenvalue weighted by atomic mass is 10.2. The molecule has 0 saturated carbocycles. The monoisotopic (exact) mass is 317 g/mol. The van der Waals surface area contributed by atoms with Crippen LogP contribution < -0.4 is 5.32 Å².